The fourth-order valence-corrected chi connectivity index (χ4v) is 4.77. The summed E-state index contributed by atoms with van der Waals surface area (Å²) in [5.74, 6) is 1.08. The lowest BCUT2D eigenvalue weighted by Gasteiger charge is -2.44. The molecule has 0 aliphatic heterocycles. The second kappa shape index (κ2) is 8.47. The van der Waals surface area contributed by atoms with Crippen molar-refractivity contribution in [3.8, 4) is 5.69 Å². The summed E-state index contributed by atoms with van der Waals surface area (Å²) in [6.07, 6.45) is -0.938. The summed E-state index contributed by atoms with van der Waals surface area (Å²) < 4.78 is 41.5. The molecular formula is C25H30F3N5. The lowest BCUT2D eigenvalue weighted by Crippen LogP contribution is -2.43. The summed E-state index contributed by atoms with van der Waals surface area (Å²) >= 11 is 0. The number of alkyl halides is 3. The van der Waals surface area contributed by atoms with Crippen LogP contribution in [0.15, 0.2) is 48.5 Å². The highest BCUT2D eigenvalue weighted by Gasteiger charge is 2.44. The lowest BCUT2D eigenvalue weighted by molar-refractivity contribution is -0.137. The average Bonchev–Trinajstić information content (AvgIpc) is 3.25. The minimum absolute atomic E-state index is 0.184. The fourth-order valence-electron chi connectivity index (χ4n) is 4.77. The number of tetrazole rings is 1. The van der Waals surface area contributed by atoms with E-state index in [1.54, 1.807) is 6.07 Å². The lowest BCUT2D eigenvalue weighted by atomic mass is 9.67. The molecule has 0 atom stereocenters. The number of aryl methyl sites for hydroxylation is 1. The van der Waals surface area contributed by atoms with E-state index in [9.17, 15) is 13.2 Å². The van der Waals surface area contributed by atoms with Crippen LogP contribution < -0.4 is 5.32 Å². The zero-order valence-corrected chi connectivity index (χ0v) is 19.4. The molecule has 0 bridgehead atoms. The van der Waals surface area contributed by atoms with Crippen molar-refractivity contribution in [3.63, 3.8) is 0 Å². The molecule has 0 radical (unpaired) electrons. The molecule has 0 unspecified atom stereocenters. The van der Waals surface area contributed by atoms with Crippen LogP contribution >= 0.6 is 0 Å². The number of benzene rings is 2. The smallest absolute Gasteiger partial charge is 0.373 e. The largest absolute Gasteiger partial charge is 0.416 e. The molecule has 33 heavy (non-hydrogen) atoms. The molecule has 176 valence electrons. The van der Waals surface area contributed by atoms with E-state index < -0.39 is 17.3 Å². The van der Waals surface area contributed by atoms with Crippen molar-refractivity contribution >= 4 is 5.69 Å². The van der Waals surface area contributed by atoms with E-state index in [2.05, 4.69) is 41.6 Å². The molecule has 1 aromatic heterocycles. The standard InChI is InChI=1S/C25H30F3N5/c1-17-8-10-20(11-9-17)29-24(14-12-18(13-15-24)23(2,3)4)22-30-31-32-33(22)21-7-5-6-19(16-21)25(26,27)28/h5-11,16,18,29H,12-15H2,1-4H3. The van der Waals surface area contributed by atoms with Crippen molar-refractivity contribution in [2.24, 2.45) is 11.3 Å². The molecule has 1 saturated carbocycles. The SMILES string of the molecule is Cc1ccc(NC2(c3nnnn3-c3cccc(C(F)(F)F)c3)CCC(C(C)(C)C)CC2)cc1. The highest BCUT2D eigenvalue weighted by Crippen LogP contribution is 2.47. The van der Waals surface area contributed by atoms with Gasteiger partial charge in [0.05, 0.1) is 16.8 Å². The van der Waals surface area contributed by atoms with Crippen molar-refractivity contribution in [3.05, 3.63) is 65.5 Å². The van der Waals surface area contributed by atoms with Gasteiger partial charge in [-0.05, 0) is 84.7 Å². The second-order valence-electron chi connectivity index (χ2n) is 10.2. The number of nitrogens with one attached hydrogen (secondary N) is 1. The number of rotatable bonds is 4. The van der Waals surface area contributed by atoms with Gasteiger partial charge in [-0.2, -0.15) is 17.9 Å². The van der Waals surface area contributed by atoms with Crippen LogP contribution in [-0.2, 0) is 11.7 Å². The Morgan fingerprint density at radius 2 is 1.67 bits per heavy atom. The predicted molar refractivity (Wildman–Crippen MR) is 122 cm³/mol. The molecule has 0 saturated heterocycles. The molecule has 0 spiro atoms. The molecule has 2 aromatic carbocycles. The van der Waals surface area contributed by atoms with Crippen LogP contribution in [0.1, 0.15) is 63.4 Å². The van der Waals surface area contributed by atoms with Crippen molar-refractivity contribution < 1.29 is 13.2 Å². The Hall–Kier alpha value is -2.90. The molecule has 8 heteroatoms. The monoisotopic (exact) mass is 457 g/mol. The van der Waals surface area contributed by atoms with E-state index in [-0.39, 0.29) is 5.41 Å². The quantitative estimate of drug-likeness (QED) is 0.484. The molecule has 1 fully saturated rings. The summed E-state index contributed by atoms with van der Waals surface area (Å²) in [5.41, 5.74) is 1.26. The summed E-state index contributed by atoms with van der Waals surface area (Å²) in [7, 11) is 0. The van der Waals surface area contributed by atoms with Gasteiger partial charge in [-0.25, -0.2) is 0 Å². The fraction of sp³-hybridized carbons (Fsp3) is 0.480. The van der Waals surface area contributed by atoms with E-state index >= 15 is 0 Å². The summed E-state index contributed by atoms with van der Waals surface area (Å²) in [5, 5.41) is 16.0. The number of anilines is 1. The first-order valence-electron chi connectivity index (χ1n) is 11.3. The minimum Gasteiger partial charge on any atom is -0.373 e. The number of nitrogens with zero attached hydrogens (tertiary/aromatic N) is 4. The van der Waals surface area contributed by atoms with Gasteiger partial charge in [-0.15, -0.1) is 5.10 Å². The Balaban J connectivity index is 1.75. The van der Waals surface area contributed by atoms with E-state index in [1.165, 1.54) is 10.7 Å². The molecule has 5 nitrogen and oxygen atoms in total. The maximum absolute atomic E-state index is 13.3. The van der Waals surface area contributed by atoms with Crippen LogP contribution in [0.25, 0.3) is 5.69 Å². The molecular weight excluding hydrogens is 427 g/mol. The molecule has 3 aromatic rings. The molecule has 1 heterocycles. The topological polar surface area (TPSA) is 55.6 Å². The number of hydrogen-bond donors (Lipinski definition) is 1. The Kier molecular flexibility index (Phi) is 5.97. The zero-order valence-electron chi connectivity index (χ0n) is 19.4. The first-order valence-corrected chi connectivity index (χ1v) is 11.3. The van der Waals surface area contributed by atoms with Gasteiger partial charge in [0.25, 0.3) is 0 Å². The van der Waals surface area contributed by atoms with Crippen molar-refractivity contribution in [1.29, 1.82) is 0 Å². The van der Waals surface area contributed by atoms with E-state index in [4.69, 9.17) is 0 Å². The van der Waals surface area contributed by atoms with Gasteiger partial charge in [-0.3, -0.25) is 0 Å². The zero-order chi connectivity index (χ0) is 23.9. The van der Waals surface area contributed by atoms with Gasteiger partial charge in [-0.1, -0.05) is 44.5 Å². The normalized spacial score (nSPS) is 21.7. The highest BCUT2D eigenvalue weighted by atomic mass is 19.4. The first-order chi connectivity index (χ1) is 15.5. The number of halogens is 3. The Morgan fingerprint density at radius 1 is 1.00 bits per heavy atom. The van der Waals surface area contributed by atoms with Crippen LogP contribution in [0.4, 0.5) is 18.9 Å². The first kappa shape index (κ1) is 23.3. The maximum atomic E-state index is 13.3. The summed E-state index contributed by atoms with van der Waals surface area (Å²) in [6, 6.07) is 13.3. The molecule has 1 N–H and O–H groups in total. The third kappa shape index (κ3) is 4.89. The summed E-state index contributed by atoms with van der Waals surface area (Å²) in [6.45, 7) is 8.79. The Labute approximate surface area is 192 Å². The Morgan fingerprint density at radius 3 is 2.27 bits per heavy atom. The van der Waals surface area contributed by atoms with Crippen molar-refractivity contribution in [2.45, 2.75) is 65.1 Å². The predicted octanol–water partition coefficient (Wildman–Crippen LogP) is 6.53. The van der Waals surface area contributed by atoms with Gasteiger partial charge in [0, 0.05) is 5.69 Å². The Bertz CT molecular complexity index is 1090. The van der Waals surface area contributed by atoms with Crippen LogP contribution in [0, 0.1) is 18.3 Å². The van der Waals surface area contributed by atoms with E-state index in [0.717, 1.165) is 49.1 Å². The van der Waals surface area contributed by atoms with Gasteiger partial charge >= 0.3 is 6.18 Å². The van der Waals surface area contributed by atoms with Crippen molar-refractivity contribution in [2.75, 3.05) is 5.32 Å². The van der Waals surface area contributed by atoms with Crippen molar-refractivity contribution in [1.82, 2.24) is 20.2 Å². The third-order valence-corrected chi connectivity index (χ3v) is 6.81. The second-order valence-corrected chi connectivity index (χ2v) is 10.2. The minimum atomic E-state index is -4.44. The van der Waals surface area contributed by atoms with Gasteiger partial charge in [0.15, 0.2) is 5.82 Å². The van der Waals surface area contributed by atoms with Gasteiger partial charge in [0.1, 0.15) is 0 Å². The van der Waals surface area contributed by atoms with Crippen LogP contribution in [0.3, 0.4) is 0 Å². The number of aromatic nitrogens is 4. The van der Waals surface area contributed by atoms with Crippen LogP contribution in [0.2, 0.25) is 0 Å². The van der Waals surface area contributed by atoms with Crippen LogP contribution in [0.5, 0.6) is 0 Å². The molecule has 0 amide bonds. The average molecular weight is 458 g/mol. The highest BCUT2D eigenvalue weighted by molar-refractivity contribution is 5.48. The molecule has 1 aliphatic rings. The van der Waals surface area contributed by atoms with Gasteiger partial charge in [0.2, 0.25) is 0 Å². The molecule has 4 rings (SSSR count). The maximum Gasteiger partial charge on any atom is 0.416 e. The number of hydrogen-bond acceptors (Lipinski definition) is 4. The van der Waals surface area contributed by atoms with Gasteiger partial charge < -0.3 is 5.32 Å². The van der Waals surface area contributed by atoms with E-state index in [0.29, 0.717) is 17.4 Å². The van der Waals surface area contributed by atoms with Crippen LogP contribution in [-0.4, -0.2) is 20.2 Å². The van der Waals surface area contributed by atoms with E-state index in [1.807, 2.05) is 31.2 Å². The molecule has 1 aliphatic carbocycles. The summed E-state index contributed by atoms with van der Waals surface area (Å²) in [4.78, 5) is 0. The third-order valence-electron chi connectivity index (χ3n) is 6.81.